The maximum absolute atomic E-state index is 13.1. The fraction of sp³-hybridized carbons (Fsp3) is 0.786. The Balaban J connectivity index is 2.38. The maximum atomic E-state index is 13.1. The molecule has 3 nitrogen and oxygen atoms in total. The molecule has 0 radical (unpaired) electrons. The summed E-state index contributed by atoms with van der Waals surface area (Å²) in [6, 6.07) is 0.268. The van der Waals surface area contributed by atoms with Gasteiger partial charge in [0.25, 0.3) is 5.92 Å². The predicted molar refractivity (Wildman–Crippen MR) is 75.8 cm³/mol. The molecular formula is C14H25F2N3. The van der Waals surface area contributed by atoms with Gasteiger partial charge in [0, 0.05) is 44.7 Å². The van der Waals surface area contributed by atoms with Crippen molar-refractivity contribution in [1.82, 2.24) is 10.2 Å². The minimum absolute atomic E-state index is 0.0293. The average molecular weight is 273 g/mol. The van der Waals surface area contributed by atoms with Crippen LogP contribution >= 0.6 is 0 Å². The Kier molecular flexibility index (Phi) is 6.42. The highest BCUT2D eigenvalue weighted by molar-refractivity contribution is 5.58. The highest BCUT2D eigenvalue weighted by Crippen LogP contribution is 2.28. The Bertz CT molecular complexity index is 306. The van der Waals surface area contributed by atoms with Crippen molar-refractivity contribution in [1.29, 1.82) is 0 Å². The zero-order chi connectivity index (χ0) is 14.3. The highest BCUT2D eigenvalue weighted by Gasteiger charge is 2.35. The van der Waals surface area contributed by atoms with Crippen LogP contribution in [0.3, 0.4) is 0 Å². The Morgan fingerprint density at radius 2 is 2.05 bits per heavy atom. The first-order chi connectivity index (χ1) is 8.98. The van der Waals surface area contributed by atoms with E-state index in [1.165, 1.54) is 0 Å². The third-order valence-electron chi connectivity index (χ3n) is 3.49. The van der Waals surface area contributed by atoms with Crippen LogP contribution in [0.15, 0.2) is 17.4 Å². The summed E-state index contributed by atoms with van der Waals surface area (Å²) < 4.78 is 26.2. The van der Waals surface area contributed by atoms with E-state index in [1.54, 1.807) is 6.21 Å². The topological polar surface area (TPSA) is 27.6 Å². The summed E-state index contributed by atoms with van der Waals surface area (Å²) in [5.74, 6) is -1.83. The zero-order valence-corrected chi connectivity index (χ0v) is 12.0. The van der Waals surface area contributed by atoms with Gasteiger partial charge in [0.15, 0.2) is 0 Å². The fourth-order valence-corrected chi connectivity index (χ4v) is 2.23. The molecule has 1 N–H and O–H groups in total. The number of nitrogens with one attached hydrogen (secondary N) is 1. The molecule has 0 aromatic carbocycles. The number of hydrogen-bond donors (Lipinski definition) is 1. The third-order valence-corrected chi connectivity index (χ3v) is 3.49. The molecule has 1 atom stereocenters. The van der Waals surface area contributed by atoms with Gasteiger partial charge in [-0.2, -0.15) is 0 Å². The smallest absolute Gasteiger partial charge is 0.250 e. The van der Waals surface area contributed by atoms with Gasteiger partial charge in [-0.05, 0) is 12.8 Å². The summed E-state index contributed by atoms with van der Waals surface area (Å²) in [7, 11) is 0. The number of piperidine rings is 1. The van der Waals surface area contributed by atoms with Gasteiger partial charge in [-0.15, -0.1) is 0 Å². The molecule has 0 aliphatic carbocycles. The minimum atomic E-state index is -2.47. The van der Waals surface area contributed by atoms with Crippen molar-refractivity contribution < 1.29 is 8.78 Å². The molecule has 19 heavy (non-hydrogen) atoms. The molecule has 0 saturated carbocycles. The molecule has 0 aromatic heterocycles. The van der Waals surface area contributed by atoms with E-state index >= 15 is 0 Å². The standard InChI is InChI=1S/C14H25F2N3/c1-4-8-17-12(3)18-11-13(5-2)19-9-6-14(15,16)7-10-19/h8,13,18H,3-7,9-11H2,1-2H3. The van der Waals surface area contributed by atoms with Gasteiger partial charge in [-0.25, -0.2) is 13.8 Å². The van der Waals surface area contributed by atoms with Crippen LogP contribution in [0.25, 0.3) is 0 Å². The molecule has 1 aliphatic heterocycles. The van der Waals surface area contributed by atoms with E-state index in [4.69, 9.17) is 0 Å². The van der Waals surface area contributed by atoms with Gasteiger partial charge < -0.3 is 5.32 Å². The summed E-state index contributed by atoms with van der Waals surface area (Å²) >= 11 is 0. The molecule has 1 fully saturated rings. The second kappa shape index (κ2) is 7.58. The number of rotatable bonds is 7. The molecule has 0 aromatic rings. The van der Waals surface area contributed by atoms with Crippen LogP contribution in [0.5, 0.6) is 0 Å². The van der Waals surface area contributed by atoms with Crippen molar-refractivity contribution in [3.63, 3.8) is 0 Å². The Morgan fingerprint density at radius 1 is 1.42 bits per heavy atom. The summed E-state index contributed by atoms with van der Waals surface area (Å²) in [5, 5.41) is 3.16. The van der Waals surface area contributed by atoms with E-state index in [1.807, 2.05) is 6.92 Å². The lowest BCUT2D eigenvalue weighted by Crippen LogP contribution is -2.48. The molecule has 110 valence electrons. The van der Waals surface area contributed by atoms with E-state index in [-0.39, 0.29) is 18.9 Å². The molecule has 0 amide bonds. The lowest BCUT2D eigenvalue weighted by Gasteiger charge is -2.37. The lowest BCUT2D eigenvalue weighted by molar-refractivity contribution is -0.0629. The first-order valence-electron chi connectivity index (χ1n) is 7.05. The van der Waals surface area contributed by atoms with Crippen molar-refractivity contribution in [2.24, 2.45) is 4.99 Å². The molecule has 5 heteroatoms. The lowest BCUT2D eigenvalue weighted by atomic mass is 10.0. The maximum Gasteiger partial charge on any atom is 0.250 e. The quantitative estimate of drug-likeness (QED) is 0.722. The summed E-state index contributed by atoms with van der Waals surface area (Å²) in [6.45, 7) is 9.56. The molecule has 1 rings (SSSR count). The van der Waals surface area contributed by atoms with E-state index in [0.29, 0.717) is 25.5 Å². The fourth-order valence-electron chi connectivity index (χ4n) is 2.23. The monoisotopic (exact) mass is 273 g/mol. The van der Waals surface area contributed by atoms with Crippen LogP contribution in [-0.4, -0.2) is 42.7 Å². The molecular weight excluding hydrogens is 248 g/mol. The molecule has 0 spiro atoms. The van der Waals surface area contributed by atoms with Gasteiger partial charge in [-0.1, -0.05) is 20.4 Å². The highest BCUT2D eigenvalue weighted by atomic mass is 19.3. The molecule has 1 heterocycles. The SMILES string of the molecule is C=C(N=CCC)NCC(CC)N1CCC(F)(F)CC1. The number of likely N-dealkylation sites (tertiary alicyclic amines) is 1. The van der Waals surface area contributed by atoms with E-state index in [0.717, 1.165) is 12.8 Å². The Morgan fingerprint density at radius 3 is 2.58 bits per heavy atom. The number of aliphatic imine (C=N–C) groups is 1. The van der Waals surface area contributed by atoms with E-state index < -0.39 is 5.92 Å². The Hall–Kier alpha value is -0.970. The van der Waals surface area contributed by atoms with Crippen LogP contribution in [-0.2, 0) is 0 Å². The van der Waals surface area contributed by atoms with Crippen LogP contribution < -0.4 is 5.32 Å². The molecule has 1 unspecified atom stereocenters. The van der Waals surface area contributed by atoms with Crippen molar-refractivity contribution >= 4 is 6.21 Å². The van der Waals surface area contributed by atoms with Crippen LogP contribution in [0.2, 0.25) is 0 Å². The van der Waals surface area contributed by atoms with Gasteiger partial charge in [-0.3, -0.25) is 4.90 Å². The second-order valence-electron chi connectivity index (χ2n) is 5.00. The molecule has 1 aliphatic rings. The van der Waals surface area contributed by atoms with Crippen molar-refractivity contribution in [2.75, 3.05) is 19.6 Å². The third kappa shape index (κ3) is 5.68. The average Bonchev–Trinajstić information content (AvgIpc) is 2.38. The van der Waals surface area contributed by atoms with Gasteiger partial charge in [0.2, 0.25) is 0 Å². The van der Waals surface area contributed by atoms with Crippen molar-refractivity contribution in [3.8, 4) is 0 Å². The second-order valence-corrected chi connectivity index (χ2v) is 5.00. The number of nitrogens with zero attached hydrogens (tertiary/aromatic N) is 2. The van der Waals surface area contributed by atoms with Gasteiger partial charge >= 0.3 is 0 Å². The number of halogens is 2. The summed E-state index contributed by atoms with van der Waals surface area (Å²) in [6.07, 6.45) is 3.55. The van der Waals surface area contributed by atoms with Crippen LogP contribution in [0, 0.1) is 0 Å². The van der Waals surface area contributed by atoms with Crippen LogP contribution in [0.1, 0.15) is 39.5 Å². The first-order valence-corrected chi connectivity index (χ1v) is 7.05. The first kappa shape index (κ1) is 16.1. The number of alkyl halides is 2. The summed E-state index contributed by atoms with van der Waals surface area (Å²) in [4.78, 5) is 6.29. The largest absolute Gasteiger partial charge is 0.369 e. The zero-order valence-electron chi connectivity index (χ0n) is 12.0. The normalized spacial score (nSPS) is 21.5. The van der Waals surface area contributed by atoms with Crippen LogP contribution in [0.4, 0.5) is 8.78 Å². The van der Waals surface area contributed by atoms with Crippen molar-refractivity contribution in [2.45, 2.75) is 51.5 Å². The van der Waals surface area contributed by atoms with E-state index in [9.17, 15) is 8.78 Å². The minimum Gasteiger partial charge on any atom is -0.369 e. The molecule has 0 bridgehead atoms. The predicted octanol–water partition coefficient (Wildman–Crippen LogP) is 3.04. The van der Waals surface area contributed by atoms with E-state index in [2.05, 4.69) is 28.7 Å². The summed E-state index contributed by atoms with van der Waals surface area (Å²) in [5.41, 5.74) is 0. The molecule has 1 saturated heterocycles. The Labute approximate surface area is 114 Å². The van der Waals surface area contributed by atoms with Gasteiger partial charge in [0.05, 0.1) is 0 Å². The number of hydrogen-bond acceptors (Lipinski definition) is 3. The van der Waals surface area contributed by atoms with Crippen molar-refractivity contribution in [3.05, 3.63) is 12.4 Å². The van der Waals surface area contributed by atoms with Gasteiger partial charge in [0.1, 0.15) is 5.82 Å².